The van der Waals surface area contributed by atoms with Crippen molar-refractivity contribution in [3.63, 3.8) is 0 Å². The molecular formula is C17H36N2O4. The van der Waals surface area contributed by atoms with E-state index in [1.165, 1.54) is 44.9 Å². The van der Waals surface area contributed by atoms with E-state index in [-0.39, 0.29) is 24.1 Å². The number of nitrogens with one attached hydrogen (secondary N) is 2. The third-order valence-corrected chi connectivity index (χ3v) is 3.87. The Hall–Kier alpha value is -0.690. The van der Waals surface area contributed by atoms with Crippen LogP contribution >= 0.6 is 0 Å². The van der Waals surface area contributed by atoms with Gasteiger partial charge in [-0.2, -0.15) is 0 Å². The number of carbonyl (C=O) groups excluding carboxylic acids is 1. The maximum Gasteiger partial charge on any atom is 0.219 e. The van der Waals surface area contributed by atoms with Crippen LogP contribution in [-0.4, -0.2) is 42.0 Å². The Balaban J connectivity index is 3.28. The lowest BCUT2D eigenvalue weighted by Crippen LogP contribution is -3.08. The molecule has 0 aromatic rings. The number of quaternary nitrogens is 1. The molecule has 1 unspecified atom stereocenters. The van der Waals surface area contributed by atoms with Crippen molar-refractivity contribution in [1.29, 1.82) is 0 Å². The molecule has 0 aromatic carbocycles. The van der Waals surface area contributed by atoms with Crippen LogP contribution in [0, 0.1) is 5.21 Å². The van der Waals surface area contributed by atoms with Crippen LogP contribution < -0.4 is 10.4 Å². The van der Waals surface area contributed by atoms with E-state index < -0.39 is 6.29 Å². The Morgan fingerprint density at radius 2 is 1.57 bits per heavy atom. The van der Waals surface area contributed by atoms with E-state index in [4.69, 9.17) is 10.2 Å². The molecule has 0 aromatic heterocycles. The molecule has 0 saturated carbocycles. The highest BCUT2D eigenvalue weighted by Crippen LogP contribution is 2.10. The molecule has 0 spiro atoms. The van der Waals surface area contributed by atoms with Gasteiger partial charge in [0.25, 0.3) is 0 Å². The van der Waals surface area contributed by atoms with Crippen LogP contribution in [0.3, 0.4) is 0 Å². The van der Waals surface area contributed by atoms with Gasteiger partial charge in [0.15, 0.2) is 0 Å². The van der Waals surface area contributed by atoms with Gasteiger partial charge in [0.05, 0.1) is 6.54 Å². The van der Waals surface area contributed by atoms with Gasteiger partial charge in [-0.3, -0.25) is 4.79 Å². The maximum atomic E-state index is 11.6. The van der Waals surface area contributed by atoms with Crippen LogP contribution in [0.2, 0.25) is 0 Å². The first-order chi connectivity index (χ1) is 11.1. The number of amides is 1. The van der Waals surface area contributed by atoms with Crippen molar-refractivity contribution in [2.24, 2.45) is 0 Å². The molecular weight excluding hydrogens is 296 g/mol. The monoisotopic (exact) mass is 332 g/mol. The minimum Gasteiger partial charge on any atom is -0.634 e. The zero-order chi connectivity index (χ0) is 17.3. The second-order valence-electron chi connectivity index (χ2n) is 6.26. The zero-order valence-electron chi connectivity index (χ0n) is 14.7. The van der Waals surface area contributed by atoms with Crippen LogP contribution in [0.4, 0.5) is 0 Å². The van der Waals surface area contributed by atoms with E-state index in [1.54, 1.807) is 0 Å². The average Bonchev–Trinajstić information content (AvgIpc) is 2.49. The van der Waals surface area contributed by atoms with Crippen LogP contribution in [0.5, 0.6) is 0 Å². The lowest BCUT2D eigenvalue weighted by Gasteiger charge is -2.22. The molecule has 23 heavy (non-hydrogen) atoms. The Morgan fingerprint density at radius 3 is 2.13 bits per heavy atom. The van der Waals surface area contributed by atoms with Crippen molar-refractivity contribution in [3.05, 3.63) is 5.21 Å². The molecule has 0 aliphatic carbocycles. The molecule has 0 bridgehead atoms. The van der Waals surface area contributed by atoms with Gasteiger partial charge in [0.2, 0.25) is 12.2 Å². The molecule has 0 fully saturated rings. The predicted molar refractivity (Wildman–Crippen MR) is 91.8 cm³/mol. The Morgan fingerprint density at radius 1 is 1.00 bits per heavy atom. The smallest absolute Gasteiger partial charge is 0.219 e. The summed E-state index contributed by atoms with van der Waals surface area (Å²) in [6, 6.07) is 0. The number of hydrogen-bond donors (Lipinski definition) is 4. The van der Waals surface area contributed by atoms with Crippen LogP contribution in [0.15, 0.2) is 0 Å². The first-order valence-electron chi connectivity index (χ1n) is 9.20. The molecule has 1 atom stereocenters. The summed E-state index contributed by atoms with van der Waals surface area (Å²) in [5.74, 6) is 0.0441. The predicted octanol–water partition coefficient (Wildman–Crippen LogP) is 1.11. The molecule has 1 amide bonds. The lowest BCUT2D eigenvalue weighted by atomic mass is 10.1. The molecule has 0 radical (unpaired) electrons. The van der Waals surface area contributed by atoms with Gasteiger partial charge < -0.3 is 25.8 Å². The van der Waals surface area contributed by atoms with Gasteiger partial charge in [-0.05, 0) is 6.42 Å². The fourth-order valence-corrected chi connectivity index (χ4v) is 2.50. The molecule has 0 rings (SSSR count). The number of hydrogen-bond acceptors (Lipinski definition) is 4. The summed E-state index contributed by atoms with van der Waals surface area (Å²) in [5, 5.41) is 31.1. The second kappa shape index (κ2) is 16.2. The molecule has 6 heteroatoms. The fraction of sp³-hybridized carbons (Fsp3) is 0.941. The third kappa shape index (κ3) is 17.5. The number of carbonyl (C=O) groups is 1. The fourth-order valence-electron chi connectivity index (χ4n) is 2.50. The number of aliphatic hydroxyl groups is 2. The maximum absolute atomic E-state index is 11.6. The number of hydroxylamine groups is 2. The Labute approximate surface area is 140 Å². The first-order valence-corrected chi connectivity index (χ1v) is 9.20. The van der Waals surface area contributed by atoms with Crippen LogP contribution in [-0.2, 0) is 4.79 Å². The summed E-state index contributed by atoms with van der Waals surface area (Å²) in [4.78, 5) is 11.6. The van der Waals surface area contributed by atoms with Gasteiger partial charge in [0, 0.05) is 19.4 Å². The molecule has 0 heterocycles. The Bertz CT molecular complexity index is 275. The highest BCUT2D eigenvalue weighted by atomic mass is 16.5. The average molecular weight is 332 g/mol. The van der Waals surface area contributed by atoms with Crippen LogP contribution in [0.1, 0.15) is 77.6 Å². The van der Waals surface area contributed by atoms with E-state index in [2.05, 4.69) is 12.2 Å². The van der Waals surface area contributed by atoms with Crippen molar-refractivity contribution in [3.8, 4) is 0 Å². The lowest BCUT2D eigenvalue weighted by molar-refractivity contribution is -0.855. The summed E-state index contributed by atoms with van der Waals surface area (Å²) in [6.45, 7) is 2.74. The van der Waals surface area contributed by atoms with Gasteiger partial charge in [-0.15, -0.1) is 0 Å². The van der Waals surface area contributed by atoms with Crippen LogP contribution in [0.25, 0.3) is 0 Å². The number of aliphatic hydroxyl groups excluding tert-OH is 1. The van der Waals surface area contributed by atoms with Gasteiger partial charge in [0.1, 0.15) is 6.54 Å². The second-order valence-corrected chi connectivity index (χ2v) is 6.26. The Kier molecular flexibility index (Phi) is 15.7. The van der Waals surface area contributed by atoms with Crippen molar-refractivity contribution in [2.75, 3.05) is 19.6 Å². The minimum absolute atomic E-state index is 0.0441. The molecule has 138 valence electrons. The third-order valence-electron chi connectivity index (χ3n) is 3.87. The SMILES string of the molecule is CCCCCCCCCCCC(=O)NCCC[NH+]([O-])CC(O)O. The molecule has 0 aliphatic rings. The van der Waals surface area contributed by atoms with Crippen molar-refractivity contribution >= 4 is 5.91 Å². The summed E-state index contributed by atoms with van der Waals surface area (Å²) in [5.41, 5.74) is 0. The van der Waals surface area contributed by atoms with Crippen molar-refractivity contribution in [1.82, 2.24) is 5.32 Å². The van der Waals surface area contributed by atoms with E-state index in [9.17, 15) is 10.0 Å². The number of rotatable bonds is 16. The highest BCUT2D eigenvalue weighted by Gasteiger charge is 2.05. The highest BCUT2D eigenvalue weighted by molar-refractivity contribution is 5.75. The van der Waals surface area contributed by atoms with Gasteiger partial charge >= 0.3 is 0 Å². The van der Waals surface area contributed by atoms with E-state index in [0.717, 1.165) is 12.8 Å². The van der Waals surface area contributed by atoms with E-state index in [1.807, 2.05) is 0 Å². The quantitative estimate of drug-likeness (QED) is 0.193. The molecule has 4 N–H and O–H groups in total. The number of unbranched alkanes of at least 4 members (excludes halogenated alkanes) is 8. The molecule has 0 saturated heterocycles. The van der Waals surface area contributed by atoms with E-state index >= 15 is 0 Å². The van der Waals surface area contributed by atoms with Crippen molar-refractivity contribution < 1.29 is 20.1 Å². The van der Waals surface area contributed by atoms with Crippen molar-refractivity contribution in [2.45, 2.75) is 83.8 Å². The van der Waals surface area contributed by atoms with Gasteiger partial charge in [-0.1, -0.05) is 58.3 Å². The summed E-state index contributed by atoms with van der Waals surface area (Å²) < 4.78 is 0. The van der Waals surface area contributed by atoms with E-state index in [0.29, 0.717) is 19.4 Å². The zero-order valence-corrected chi connectivity index (χ0v) is 14.7. The molecule has 6 nitrogen and oxygen atoms in total. The van der Waals surface area contributed by atoms with Gasteiger partial charge in [-0.25, -0.2) is 0 Å². The largest absolute Gasteiger partial charge is 0.634 e. The summed E-state index contributed by atoms with van der Waals surface area (Å²) >= 11 is 0. The molecule has 0 aliphatic heterocycles. The topological polar surface area (TPSA) is 97.1 Å². The first kappa shape index (κ1) is 22.3. The standard InChI is InChI=1S/C17H36N2O4/c1-2-3-4-5-6-7-8-9-10-12-16(20)18-13-11-14-19(23)15-17(21)22/h17,19,21-22H,2-15H2,1H3,(H,18,20). The minimum atomic E-state index is -1.57. The summed E-state index contributed by atoms with van der Waals surface area (Å²) in [6.07, 6.45) is 10.7. The normalized spacial score (nSPS) is 12.6. The summed E-state index contributed by atoms with van der Waals surface area (Å²) in [7, 11) is 0.